The topological polar surface area (TPSA) is 71.1 Å². The van der Waals surface area contributed by atoms with Gasteiger partial charge in [-0.3, -0.25) is 9.36 Å². The van der Waals surface area contributed by atoms with Crippen molar-refractivity contribution in [3.05, 3.63) is 59.7 Å². The van der Waals surface area contributed by atoms with E-state index >= 15 is 0 Å². The predicted octanol–water partition coefficient (Wildman–Crippen LogP) is 6.37. The Bertz CT molecular complexity index is 896. The van der Waals surface area contributed by atoms with E-state index in [1.165, 1.54) is 0 Å². The van der Waals surface area contributed by atoms with E-state index in [1.807, 2.05) is 62.4 Å². The molecule has 0 aliphatic heterocycles. The Hall–Kier alpha value is -2.14. The van der Waals surface area contributed by atoms with Crippen LogP contribution >= 0.6 is 7.60 Å². The van der Waals surface area contributed by atoms with Crippen LogP contribution in [0.1, 0.15) is 64.0 Å². The van der Waals surface area contributed by atoms with Crippen molar-refractivity contribution < 1.29 is 27.9 Å². The molecule has 33 heavy (non-hydrogen) atoms. The van der Waals surface area contributed by atoms with Crippen LogP contribution in [0.15, 0.2) is 48.5 Å². The summed E-state index contributed by atoms with van der Waals surface area (Å²) in [7, 11) is -3.80. The number of benzene rings is 2. The fourth-order valence-electron chi connectivity index (χ4n) is 4.83. The average Bonchev–Trinajstić information content (AvgIpc) is 3.19. The van der Waals surface area contributed by atoms with Crippen LogP contribution in [0.25, 0.3) is 0 Å². The van der Waals surface area contributed by atoms with Gasteiger partial charge >= 0.3 is 7.60 Å². The first-order chi connectivity index (χ1) is 16.0. The summed E-state index contributed by atoms with van der Waals surface area (Å²) >= 11 is 0. The summed E-state index contributed by atoms with van der Waals surface area (Å²) in [4.78, 5) is 13.6. The first-order valence-corrected chi connectivity index (χ1v) is 13.4. The minimum Gasteiger partial charge on any atom is -0.494 e. The Morgan fingerprint density at radius 2 is 1.24 bits per heavy atom. The molecule has 2 aromatic rings. The quantitative estimate of drug-likeness (QED) is 0.333. The summed E-state index contributed by atoms with van der Waals surface area (Å²) in [5, 5.41) is -1.29. The molecule has 1 aliphatic carbocycles. The maximum absolute atomic E-state index is 14.4. The molecule has 0 saturated heterocycles. The molecule has 0 heterocycles. The van der Waals surface area contributed by atoms with Crippen molar-refractivity contribution in [3.63, 3.8) is 0 Å². The first kappa shape index (κ1) is 25.5. The van der Waals surface area contributed by atoms with Crippen molar-refractivity contribution in [3.8, 4) is 11.5 Å². The van der Waals surface area contributed by atoms with Gasteiger partial charge in [0, 0.05) is 12.3 Å². The molecule has 0 amide bonds. The van der Waals surface area contributed by atoms with E-state index < -0.39 is 18.7 Å². The zero-order valence-electron chi connectivity index (χ0n) is 20.0. The van der Waals surface area contributed by atoms with Crippen LogP contribution in [0.5, 0.6) is 11.5 Å². The van der Waals surface area contributed by atoms with Gasteiger partial charge in [0.05, 0.1) is 26.4 Å². The standard InChI is InChI=1S/C26H35O6P/c1-5-29-22-15-11-20(12-16-22)25(21-13-17-23(18-14-21)30-6-2)26(19-9-10-24(26)27)33(28,31-7-3)32-8-4/h11-18,25H,5-10,19H2,1-4H3/t26-/m1/s1. The molecule has 0 N–H and O–H groups in total. The molecule has 0 unspecified atom stereocenters. The zero-order valence-corrected chi connectivity index (χ0v) is 20.9. The number of carbonyl (C=O) groups is 1. The number of ketones is 1. The van der Waals surface area contributed by atoms with Crippen molar-refractivity contribution in [1.82, 2.24) is 0 Å². The first-order valence-electron chi connectivity index (χ1n) is 11.8. The Morgan fingerprint density at radius 1 is 0.788 bits per heavy atom. The van der Waals surface area contributed by atoms with Gasteiger partial charge in [0.25, 0.3) is 0 Å². The summed E-state index contributed by atoms with van der Waals surface area (Å²) in [6.45, 7) is 8.95. The van der Waals surface area contributed by atoms with Gasteiger partial charge in [-0.1, -0.05) is 24.3 Å². The third-order valence-corrected chi connectivity index (χ3v) is 8.96. The summed E-state index contributed by atoms with van der Waals surface area (Å²) in [6.07, 6.45) is 1.44. The van der Waals surface area contributed by atoms with Crippen LogP contribution in [0, 0.1) is 0 Å². The van der Waals surface area contributed by atoms with Crippen LogP contribution in [0.3, 0.4) is 0 Å². The molecule has 1 fully saturated rings. The van der Waals surface area contributed by atoms with E-state index in [0.29, 0.717) is 32.5 Å². The Morgan fingerprint density at radius 3 is 1.58 bits per heavy atom. The third kappa shape index (κ3) is 5.03. The molecule has 1 saturated carbocycles. The van der Waals surface area contributed by atoms with Crippen LogP contribution in [-0.4, -0.2) is 37.4 Å². The zero-order chi connectivity index (χ0) is 23.9. The van der Waals surface area contributed by atoms with Crippen molar-refractivity contribution in [1.29, 1.82) is 0 Å². The summed E-state index contributed by atoms with van der Waals surface area (Å²) < 4.78 is 37.3. The van der Waals surface area contributed by atoms with Gasteiger partial charge in [-0.15, -0.1) is 0 Å². The van der Waals surface area contributed by atoms with E-state index in [2.05, 4.69) is 0 Å². The molecule has 6 nitrogen and oxygen atoms in total. The number of hydrogen-bond donors (Lipinski definition) is 0. The number of ether oxygens (including phenoxy) is 2. The van der Waals surface area contributed by atoms with E-state index in [-0.39, 0.29) is 19.0 Å². The number of hydrogen-bond acceptors (Lipinski definition) is 6. The van der Waals surface area contributed by atoms with Crippen LogP contribution in [0.4, 0.5) is 0 Å². The maximum Gasteiger partial charge on any atom is 0.345 e. The molecule has 0 aromatic heterocycles. The van der Waals surface area contributed by atoms with Gasteiger partial charge in [0.1, 0.15) is 16.7 Å². The predicted molar refractivity (Wildman–Crippen MR) is 130 cm³/mol. The monoisotopic (exact) mass is 474 g/mol. The average molecular weight is 475 g/mol. The molecular weight excluding hydrogens is 439 g/mol. The largest absolute Gasteiger partial charge is 0.494 e. The number of rotatable bonds is 12. The van der Waals surface area contributed by atoms with Gasteiger partial charge in [0.2, 0.25) is 0 Å². The fourth-order valence-corrected chi connectivity index (χ4v) is 7.50. The SMILES string of the molecule is CCOc1ccc(C(c2ccc(OCC)cc2)[C@@]2(P(=O)(OCC)OCC)CCCC2=O)cc1. The highest BCUT2D eigenvalue weighted by molar-refractivity contribution is 7.57. The molecule has 7 heteroatoms. The van der Waals surface area contributed by atoms with Gasteiger partial charge in [0.15, 0.2) is 5.78 Å². The lowest BCUT2D eigenvalue weighted by Crippen LogP contribution is -2.42. The van der Waals surface area contributed by atoms with Gasteiger partial charge < -0.3 is 18.5 Å². The highest BCUT2D eigenvalue weighted by Crippen LogP contribution is 2.70. The van der Waals surface area contributed by atoms with Crippen LogP contribution in [0.2, 0.25) is 0 Å². The molecule has 0 spiro atoms. The Kier molecular flexibility index (Phi) is 8.75. The smallest absolute Gasteiger partial charge is 0.345 e. The molecular formula is C26H35O6P. The lowest BCUT2D eigenvalue weighted by Gasteiger charge is -2.41. The highest BCUT2D eigenvalue weighted by atomic mass is 31.2. The second kappa shape index (κ2) is 11.3. The van der Waals surface area contributed by atoms with Crippen molar-refractivity contribution >= 4 is 13.4 Å². The molecule has 3 rings (SSSR count). The van der Waals surface area contributed by atoms with E-state index in [4.69, 9.17) is 18.5 Å². The second-order valence-electron chi connectivity index (χ2n) is 7.97. The van der Waals surface area contributed by atoms with E-state index in [1.54, 1.807) is 13.8 Å². The molecule has 0 radical (unpaired) electrons. The molecule has 1 aliphatic rings. The third-order valence-electron chi connectivity index (χ3n) is 6.06. The van der Waals surface area contributed by atoms with E-state index in [0.717, 1.165) is 22.6 Å². The molecule has 1 atom stereocenters. The minimum atomic E-state index is -3.80. The Balaban J connectivity index is 2.22. The minimum absolute atomic E-state index is 0.0690. The molecule has 180 valence electrons. The van der Waals surface area contributed by atoms with Crippen molar-refractivity contribution in [2.75, 3.05) is 26.4 Å². The van der Waals surface area contributed by atoms with E-state index in [9.17, 15) is 9.36 Å². The van der Waals surface area contributed by atoms with Crippen LogP contribution < -0.4 is 9.47 Å². The molecule has 2 aromatic carbocycles. The maximum atomic E-state index is 14.4. The summed E-state index contributed by atoms with van der Waals surface area (Å²) in [6, 6.07) is 15.3. The number of carbonyl (C=O) groups excluding carboxylic acids is 1. The highest BCUT2D eigenvalue weighted by Gasteiger charge is 2.63. The van der Waals surface area contributed by atoms with Crippen molar-refractivity contribution in [2.24, 2.45) is 0 Å². The second-order valence-corrected chi connectivity index (χ2v) is 10.3. The Labute approximate surface area is 197 Å². The lowest BCUT2D eigenvalue weighted by molar-refractivity contribution is -0.120. The molecule has 0 bridgehead atoms. The van der Waals surface area contributed by atoms with Gasteiger partial charge in [-0.25, -0.2) is 0 Å². The fraction of sp³-hybridized carbons (Fsp3) is 0.500. The number of Topliss-reactive ketones (excluding diaryl/α,β-unsaturated/α-hetero) is 1. The summed E-state index contributed by atoms with van der Waals surface area (Å²) in [5.74, 6) is 0.927. The van der Waals surface area contributed by atoms with Crippen molar-refractivity contribution in [2.45, 2.75) is 58.0 Å². The lowest BCUT2D eigenvalue weighted by atomic mass is 9.78. The summed E-state index contributed by atoms with van der Waals surface area (Å²) in [5.41, 5.74) is 1.75. The van der Waals surface area contributed by atoms with Gasteiger partial charge in [-0.05, 0) is 75.9 Å². The van der Waals surface area contributed by atoms with Crippen LogP contribution in [-0.2, 0) is 18.4 Å². The normalized spacial score (nSPS) is 18.6. The van der Waals surface area contributed by atoms with Gasteiger partial charge in [-0.2, -0.15) is 0 Å².